The van der Waals surface area contributed by atoms with E-state index in [0.29, 0.717) is 19.6 Å². The van der Waals surface area contributed by atoms with Crippen molar-refractivity contribution < 1.29 is 14.3 Å². The normalized spacial score (nSPS) is 18.5. The molecular formula is C16H21Cl2N3O3. The van der Waals surface area contributed by atoms with Crippen molar-refractivity contribution in [3.8, 4) is 0 Å². The number of carbonyl (C=O) groups excluding carboxylic acids is 2. The van der Waals surface area contributed by atoms with Gasteiger partial charge in [-0.2, -0.15) is 0 Å². The number of piperazine rings is 1. The number of pyridine rings is 1. The average molecular weight is 374 g/mol. The summed E-state index contributed by atoms with van der Waals surface area (Å²) in [5, 5.41) is 0.491. The lowest BCUT2D eigenvalue weighted by Crippen LogP contribution is -2.52. The molecule has 2 rings (SSSR count). The molecule has 8 heteroatoms. The van der Waals surface area contributed by atoms with Crippen LogP contribution in [-0.4, -0.2) is 52.0 Å². The van der Waals surface area contributed by atoms with Gasteiger partial charge in [-0.15, -0.1) is 0 Å². The van der Waals surface area contributed by atoms with Gasteiger partial charge < -0.3 is 14.5 Å². The van der Waals surface area contributed by atoms with Crippen LogP contribution in [0.1, 0.15) is 39.3 Å². The van der Waals surface area contributed by atoms with E-state index in [1.807, 2.05) is 20.8 Å². The lowest BCUT2D eigenvalue weighted by molar-refractivity contribution is -0.134. The van der Waals surface area contributed by atoms with E-state index in [0.717, 1.165) is 5.56 Å². The van der Waals surface area contributed by atoms with E-state index in [4.69, 9.17) is 27.9 Å². The molecule has 0 aliphatic carbocycles. The van der Waals surface area contributed by atoms with Gasteiger partial charge in [-0.05, 0) is 38.5 Å². The van der Waals surface area contributed by atoms with Gasteiger partial charge in [-0.1, -0.05) is 23.2 Å². The molecular weight excluding hydrogens is 353 g/mol. The summed E-state index contributed by atoms with van der Waals surface area (Å²) in [4.78, 5) is 31.5. The van der Waals surface area contributed by atoms with Gasteiger partial charge in [0.15, 0.2) is 0 Å². The van der Waals surface area contributed by atoms with E-state index in [2.05, 4.69) is 4.98 Å². The number of aromatic nitrogens is 1. The predicted octanol–water partition coefficient (Wildman–Crippen LogP) is 3.53. The SMILES string of the molecule is CC(=O)N1CCN(C(=O)OC(C)(C)C)CC1c1cc(Cl)nc(Cl)c1. The van der Waals surface area contributed by atoms with Gasteiger partial charge in [0.05, 0.1) is 6.04 Å². The molecule has 1 aromatic rings. The van der Waals surface area contributed by atoms with E-state index in [1.54, 1.807) is 21.9 Å². The molecule has 0 radical (unpaired) electrons. The van der Waals surface area contributed by atoms with Gasteiger partial charge >= 0.3 is 6.09 Å². The lowest BCUT2D eigenvalue weighted by Gasteiger charge is -2.41. The Kier molecular flexibility index (Phi) is 5.60. The molecule has 1 atom stereocenters. The third-order valence-corrected chi connectivity index (χ3v) is 3.99. The molecule has 1 aliphatic rings. The molecule has 2 heterocycles. The number of amides is 2. The third-order valence-electron chi connectivity index (χ3n) is 3.61. The van der Waals surface area contributed by atoms with Crippen molar-refractivity contribution in [1.82, 2.24) is 14.8 Å². The summed E-state index contributed by atoms with van der Waals surface area (Å²) in [7, 11) is 0. The maximum absolute atomic E-state index is 12.3. The van der Waals surface area contributed by atoms with Crippen LogP contribution in [0.25, 0.3) is 0 Å². The van der Waals surface area contributed by atoms with Gasteiger partial charge in [0.25, 0.3) is 0 Å². The Bertz CT molecular complexity index is 626. The molecule has 2 amide bonds. The van der Waals surface area contributed by atoms with Crippen LogP contribution in [0.5, 0.6) is 0 Å². The van der Waals surface area contributed by atoms with Crippen LogP contribution in [0.3, 0.4) is 0 Å². The summed E-state index contributed by atoms with van der Waals surface area (Å²) in [6.45, 7) is 8.09. The standard InChI is InChI=1S/C16H21Cl2N3O3/c1-10(22)21-6-5-20(15(23)24-16(2,3)4)9-12(21)11-7-13(17)19-14(18)8-11/h7-8,12H,5-6,9H2,1-4H3. The fourth-order valence-electron chi connectivity index (χ4n) is 2.61. The number of halogens is 2. The molecule has 1 fully saturated rings. The molecule has 1 saturated heterocycles. The van der Waals surface area contributed by atoms with Crippen LogP contribution in [0.15, 0.2) is 12.1 Å². The van der Waals surface area contributed by atoms with E-state index >= 15 is 0 Å². The molecule has 6 nitrogen and oxygen atoms in total. The molecule has 132 valence electrons. The zero-order valence-electron chi connectivity index (χ0n) is 14.2. The van der Waals surface area contributed by atoms with Crippen molar-refractivity contribution in [2.45, 2.75) is 39.3 Å². The number of carbonyl (C=O) groups is 2. The second-order valence-corrected chi connectivity index (χ2v) is 7.47. The highest BCUT2D eigenvalue weighted by Crippen LogP contribution is 2.29. The van der Waals surface area contributed by atoms with Gasteiger partial charge in [-0.25, -0.2) is 9.78 Å². The summed E-state index contributed by atoms with van der Waals surface area (Å²) >= 11 is 12.0. The van der Waals surface area contributed by atoms with E-state index < -0.39 is 11.7 Å². The fourth-order valence-corrected chi connectivity index (χ4v) is 3.09. The molecule has 0 aromatic carbocycles. The van der Waals surface area contributed by atoms with E-state index in [1.165, 1.54) is 6.92 Å². The van der Waals surface area contributed by atoms with Crippen LogP contribution in [0.4, 0.5) is 4.79 Å². The topological polar surface area (TPSA) is 62.7 Å². The minimum Gasteiger partial charge on any atom is -0.444 e. The van der Waals surface area contributed by atoms with Crippen molar-refractivity contribution in [3.05, 3.63) is 28.0 Å². The lowest BCUT2D eigenvalue weighted by atomic mass is 10.0. The van der Waals surface area contributed by atoms with Gasteiger partial charge in [-0.3, -0.25) is 4.79 Å². The Morgan fingerprint density at radius 3 is 2.29 bits per heavy atom. The van der Waals surface area contributed by atoms with Crippen molar-refractivity contribution in [2.75, 3.05) is 19.6 Å². The largest absolute Gasteiger partial charge is 0.444 e. The summed E-state index contributed by atoms with van der Waals surface area (Å²) in [6.07, 6.45) is -0.401. The summed E-state index contributed by atoms with van der Waals surface area (Å²) < 4.78 is 5.42. The molecule has 1 unspecified atom stereocenters. The zero-order valence-corrected chi connectivity index (χ0v) is 15.7. The molecule has 0 bridgehead atoms. The summed E-state index contributed by atoms with van der Waals surface area (Å²) in [6, 6.07) is 2.97. The number of hydrogen-bond acceptors (Lipinski definition) is 4. The monoisotopic (exact) mass is 373 g/mol. The summed E-state index contributed by atoms with van der Waals surface area (Å²) in [5.41, 5.74) is 0.163. The Morgan fingerprint density at radius 2 is 1.79 bits per heavy atom. The first kappa shape index (κ1) is 18.8. The average Bonchev–Trinajstić information content (AvgIpc) is 2.43. The Hall–Kier alpha value is -1.53. The molecule has 24 heavy (non-hydrogen) atoms. The van der Waals surface area contributed by atoms with Crippen molar-refractivity contribution >= 4 is 35.2 Å². The third kappa shape index (κ3) is 4.74. The van der Waals surface area contributed by atoms with Gasteiger partial charge in [0, 0.05) is 26.6 Å². The number of nitrogens with zero attached hydrogens (tertiary/aromatic N) is 3. The first-order valence-corrected chi connectivity index (χ1v) is 8.40. The van der Waals surface area contributed by atoms with Gasteiger partial charge in [0.2, 0.25) is 5.91 Å². The van der Waals surface area contributed by atoms with E-state index in [-0.39, 0.29) is 22.3 Å². The van der Waals surface area contributed by atoms with Crippen LogP contribution < -0.4 is 0 Å². The molecule has 1 aliphatic heterocycles. The zero-order chi connectivity index (χ0) is 18.1. The molecule has 0 spiro atoms. The Labute approximate surface area is 151 Å². The van der Waals surface area contributed by atoms with Crippen LogP contribution in [-0.2, 0) is 9.53 Å². The fraction of sp³-hybridized carbons (Fsp3) is 0.562. The van der Waals surface area contributed by atoms with Crippen LogP contribution in [0.2, 0.25) is 10.3 Å². The number of rotatable bonds is 1. The maximum atomic E-state index is 12.3. The first-order chi connectivity index (χ1) is 11.1. The smallest absolute Gasteiger partial charge is 0.410 e. The summed E-state index contributed by atoms with van der Waals surface area (Å²) in [5.74, 6) is -0.0760. The number of ether oxygens (including phenoxy) is 1. The van der Waals surface area contributed by atoms with Crippen LogP contribution in [0, 0.1) is 0 Å². The highest BCUT2D eigenvalue weighted by atomic mass is 35.5. The molecule has 0 saturated carbocycles. The van der Waals surface area contributed by atoms with Crippen molar-refractivity contribution in [1.29, 1.82) is 0 Å². The van der Waals surface area contributed by atoms with Crippen molar-refractivity contribution in [3.63, 3.8) is 0 Å². The predicted molar refractivity (Wildman–Crippen MR) is 92.2 cm³/mol. The minimum atomic E-state index is -0.576. The van der Waals surface area contributed by atoms with Gasteiger partial charge in [0.1, 0.15) is 15.9 Å². The first-order valence-electron chi connectivity index (χ1n) is 7.65. The van der Waals surface area contributed by atoms with Crippen molar-refractivity contribution in [2.24, 2.45) is 0 Å². The Morgan fingerprint density at radius 1 is 1.21 bits per heavy atom. The molecule has 1 aromatic heterocycles. The minimum absolute atomic E-state index is 0.0760. The second kappa shape index (κ2) is 7.15. The highest BCUT2D eigenvalue weighted by molar-refractivity contribution is 6.32. The second-order valence-electron chi connectivity index (χ2n) is 6.70. The maximum Gasteiger partial charge on any atom is 0.410 e. The quantitative estimate of drug-likeness (QED) is 0.706. The number of hydrogen-bond donors (Lipinski definition) is 0. The highest BCUT2D eigenvalue weighted by Gasteiger charge is 2.34. The Balaban J connectivity index is 2.26. The van der Waals surface area contributed by atoms with E-state index in [9.17, 15) is 9.59 Å². The van der Waals surface area contributed by atoms with Crippen LogP contribution >= 0.6 is 23.2 Å². The molecule has 0 N–H and O–H groups in total.